The van der Waals surface area contributed by atoms with Gasteiger partial charge in [-0.15, -0.1) is 0 Å². The highest BCUT2D eigenvalue weighted by molar-refractivity contribution is 4.85. The topological polar surface area (TPSA) is 52.0 Å². The minimum absolute atomic E-state index is 0.310. The van der Waals surface area contributed by atoms with E-state index in [0.29, 0.717) is 12.0 Å². The molecule has 18 heavy (non-hydrogen) atoms. The van der Waals surface area contributed by atoms with Crippen molar-refractivity contribution in [2.45, 2.75) is 52.3 Å². The number of aromatic nitrogens is 3. The average Bonchev–Trinajstić information content (AvgIpc) is 2.78. The van der Waals surface area contributed by atoms with Gasteiger partial charge in [0.1, 0.15) is 12.2 Å². The molecule has 0 spiro atoms. The largest absolute Gasteiger partial charge is 0.376 e. The van der Waals surface area contributed by atoms with Crippen LogP contribution in [0.3, 0.4) is 0 Å². The first-order valence-corrected chi connectivity index (χ1v) is 6.94. The summed E-state index contributed by atoms with van der Waals surface area (Å²) in [5, 5.41) is 7.69. The van der Waals surface area contributed by atoms with Crippen LogP contribution >= 0.6 is 0 Å². The molecular weight excluding hydrogens is 228 g/mol. The molecule has 1 fully saturated rings. The van der Waals surface area contributed by atoms with E-state index in [1.807, 2.05) is 4.68 Å². The molecule has 1 aliphatic rings. The fourth-order valence-corrected chi connectivity index (χ4v) is 2.19. The van der Waals surface area contributed by atoms with Crippen LogP contribution < -0.4 is 5.32 Å². The van der Waals surface area contributed by atoms with Gasteiger partial charge in [0.25, 0.3) is 0 Å². The average molecular weight is 252 g/mol. The van der Waals surface area contributed by atoms with Crippen LogP contribution in [0.2, 0.25) is 0 Å². The molecule has 0 amide bonds. The second-order valence-corrected chi connectivity index (χ2v) is 5.37. The van der Waals surface area contributed by atoms with Crippen molar-refractivity contribution in [2.24, 2.45) is 5.92 Å². The second kappa shape index (κ2) is 6.85. The van der Waals surface area contributed by atoms with Gasteiger partial charge in [-0.05, 0) is 31.7 Å². The Hall–Kier alpha value is -0.940. The lowest BCUT2D eigenvalue weighted by molar-refractivity contribution is 0.00338. The predicted octanol–water partition coefficient (Wildman–Crippen LogP) is 1.59. The van der Waals surface area contributed by atoms with Crippen molar-refractivity contribution in [1.82, 2.24) is 20.1 Å². The van der Waals surface area contributed by atoms with E-state index in [1.165, 1.54) is 12.8 Å². The number of hydrogen-bond acceptors (Lipinski definition) is 4. The monoisotopic (exact) mass is 252 g/mol. The number of ether oxygens (including phenoxy) is 1. The Bertz CT molecular complexity index is 345. The highest BCUT2D eigenvalue weighted by Crippen LogP contribution is 2.14. The van der Waals surface area contributed by atoms with Crippen LogP contribution in [0, 0.1) is 5.92 Å². The molecule has 2 rings (SSSR count). The molecule has 5 nitrogen and oxygen atoms in total. The lowest BCUT2D eigenvalue weighted by atomic mass is 10.1. The third-order valence-corrected chi connectivity index (χ3v) is 3.18. The van der Waals surface area contributed by atoms with E-state index in [2.05, 4.69) is 29.2 Å². The highest BCUT2D eigenvalue weighted by Gasteiger charge is 2.16. The lowest BCUT2D eigenvalue weighted by Crippen LogP contribution is -2.28. The summed E-state index contributed by atoms with van der Waals surface area (Å²) in [7, 11) is 0. The summed E-state index contributed by atoms with van der Waals surface area (Å²) >= 11 is 0. The van der Waals surface area contributed by atoms with Gasteiger partial charge in [-0.3, -0.25) is 0 Å². The highest BCUT2D eigenvalue weighted by atomic mass is 16.5. The maximum atomic E-state index is 5.74. The van der Waals surface area contributed by atoms with Crippen LogP contribution in [-0.2, 0) is 17.8 Å². The first-order chi connectivity index (χ1) is 8.75. The Morgan fingerprint density at radius 3 is 3.11 bits per heavy atom. The smallest absolute Gasteiger partial charge is 0.140 e. The van der Waals surface area contributed by atoms with Crippen molar-refractivity contribution in [1.29, 1.82) is 0 Å². The van der Waals surface area contributed by atoms with Crippen molar-refractivity contribution in [3.63, 3.8) is 0 Å². The maximum Gasteiger partial charge on any atom is 0.140 e. The molecule has 1 aliphatic heterocycles. The zero-order chi connectivity index (χ0) is 12.8. The molecule has 0 aromatic carbocycles. The molecule has 1 saturated heterocycles. The Morgan fingerprint density at radius 1 is 1.50 bits per heavy atom. The standard InChI is InChI=1S/C13H24N4O/c1-11(2)7-14-8-13-15-10-16-17(13)9-12-5-3-4-6-18-12/h10-12,14H,3-9H2,1-2H3. The number of hydrogen-bond donors (Lipinski definition) is 1. The van der Waals surface area contributed by atoms with Gasteiger partial charge in [-0.25, -0.2) is 9.67 Å². The van der Waals surface area contributed by atoms with E-state index in [9.17, 15) is 0 Å². The summed E-state index contributed by atoms with van der Waals surface area (Å²) in [5.41, 5.74) is 0. The quantitative estimate of drug-likeness (QED) is 0.835. The number of nitrogens with zero attached hydrogens (tertiary/aromatic N) is 3. The van der Waals surface area contributed by atoms with Crippen LogP contribution in [0.4, 0.5) is 0 Å². The first kappa shape index (κ1) is 13.5. The maximum absolute atomic E-state index is 5.74. The van der Waals surface area contributed by atoms with Gasteiger partial charge in [0.2, 0.25) is 0 Å². The lowest BCUT2D eigenvalue weighted by Gasteiger charge is -2.22. The van der Waals surface area contributed by atoms with E-state index in [-0.39, 0.29) is 0 Å². The second-order valence-electron chi connectivity index (χ2n) is 5.37. The molecule has 1 aromatic rings. The predicted molar refractivity (Wildman–Crippen MR) is 70.2 cm³/mol. The van der Waals surface area contributed by atoms with E-state index in [0.717, 1.165) is 38.5 Å². The van der Waals surface area contributed by atoms with Crippen molar-refractivity contribution in [2.75, 3.05) is 13.2 Å². The molecule has 1 aromatic heterocycles. The van der Waals surface area contributed by atoms with Gasteiger partial charge in [0.05, 0.1) is 19.2 Å². The van der Waals surface area contributed by atoms with E-state index in [4.69, 9.17) is 4.74 Å². The normalized spacial score (nSPS) is 20.5. The van der Waals surface area contributed by atoms with Crippen LogP contribution in [0.15, 0.2) is 6.33 Å². The Morgan fingerprint density at radius 2 is 2.39 bits per heavy atom. The zero-order valence-corrected chi connectivity index (χ0v) is 11.4. The minimum Gasteiger partial charge on any atom is -0.376 e. The molecule has 0 radical (unpaired) electrons. The summed E-state index contributed by atoms with van der Waals surface area (Å²) in [6.07, 6.45) is 5.54. The number of rotatable bonds is 6. The summed E-state index contributed by atoms with van der Waals surface area (Å²) < 4.78 is 7.72. The van der Waals surface area contributed by atoms with Crippen molar-refractivity contribution >= 4 is 0 Å². The molecule has 1 N–H and O–H groups in total. The summed E-state index contributed by atoms with van der Waals surface area (Å²) in [4.78, 5) is 4.31. The molecule has 5 heteroatoms. The van der Waals surface area contributed by atoms with Gasteiger partial charge in [-0.2, -0.15) is 5.10 Å². The summed E-state index contributed by atoms with van der Waals surface area (Å²) in [6.45, 7) is 7.91. The Labute approximate surface area is 109 Å². The molecule has 0 saturated carbocycles. The molecule has 2 heterocycles. The van der Waals surface area contributed by atoms with Gasteiger partial charge in [0.15, 0.2) is 0 Å². The number of nitrogens with one attached hydrogen (secondary N) is 1. The third-order valence-electron chi connectivity index (χ3n) is 3.18. The molecule has 0 bridgehead atoms. The molecule has 102 valence electrons. The Kier molecular flexibility index (Phi) is 5.13. The van der Waals surface area contributed by atoms with E-state index < -0.39 is 0 Å². The van der Waals surface area contributed by atoms with Crippen LogP contribution in [0.5, 0.6) is 0 Å². The van der Waals surface area contributed by atoms with Gasteiger partial charge in [-0.1, -0.05) is 13.8 Å². The summed E-state index contributed by atoms with van der Waals surface area (Å²) in [6, 6.07) is 0. The fourth-order valence-electron chi connectivity index (χ4n) is 2.19. The summed E-state index contributed by atoms with van der Waals surface area (Å²) in [5.74, 6) is 1.66. The Balaban J connectivity index is 1.82. The first-order valence-electron chi connectivity index (χ1n) is 6.94. The minimum atomic E-state index is 0.310. The molecular formula is C13H24N4O. The van der Waals surface area contributed by atoms with Gasteiger partial charge in [0, 0.05) is 6.61 Å². The van der Waals surface area contributed by atoms with Crippen molar-refractivity contribution in [3.8, 4) is 0 Å². The SMILES string of the molecule is CC(C)CNCc1ncnn1CC1CCCCO1. The van der Waals surface area contributed by atoms with Crippen LogP contribution in [0.1, 0.15) is 38.9 Å². The van der Waals surface area contributed by atoms with E-state index >= 15 is 0 Å². The fraction of sp³-hybridized carbons (Fsp3) is 0.846. The van der Waals surface area contributed by atoms with Crippen molar-refractivity contribution < 1.29 is 4.74 Å². The third kappa shape index (κ3) is 4.07. The van der Waals surface area contributed by atoms with Crippen LogP contribution in [0.25, 0.3) is 0 Å². The molecule has 1 atom stereocenters. The van der Waals surface area contributed by atoms with E-state index in [1.54, 1.807) is 6.33 Å². The van der Waals surface area contributed by atoms with Crippen molar-refractivity contribution in [3.05, 3.63) is 12.2 Å². The van der Waals surface area contributed by atoms with Gasteiger partial charge >= 0.3 is 0 Å². The van der Waals surface area contributed by atoms with Crippen LogP contribution in [-0.4, -0.2) is 34.0 Å². The van der Waals surface area contributed by atoms with Gasteiger partial charge < -0.3 is 10.1 Å². The zero-order valence-electron chi connectivity index (χ0n) is 11.4. The molecule has 0 aliphatic carbocycles. The molecule has 1 unspecified atom stereocenters.